The molecule has 1 aliphatic rings. The molecular weight excluding hydrogens is 332 g/mol. The molecule has 0 aromatic heterocycles. The normalized spacial score (nSPS) is 23.6. The van der Waals surface area contributed by atoms with Gasteiger partial charge in [0.15, 0.2) is 0 Å². The topological polar surface area (TPSA) is 35.5 Å². The maximum Gasteiger partial charge on any atom is 0.333 e. The highest BCUT2D eigenvalue weighted by Crippen LogP contribution is 2.41. The second kappa shape index (κ2) is 7.37. The van der Waals surface area contributed by atoms with E-state index >= 15 is 0 Å². The number of carbonyl (C=O) groups excluding carboxylic acids is 1. The smallest absolute Gasteiger partial charge is 0.333 e. The van der Waals surface area contributed by atoms with E-state index in [2.05, 4.69) is 45.0 Å². The highest BCUT2D eigenvalue weighted by Gasteiger charge is 2.47. The van der Waals surface area contributed by atoms with Gasteiger partial charge in [-0.05, 0) is 5.56 Å². The van der Waals surface area contributed by atoms with Crippen molar-refractivity contribution in [2.75, 3.05) is 6.61 Å². The van der Waals surface area contributed by atoms with E-state index in [0.29, 0.717) is 13.2 Å². The molecule has 0 radical (unpaired) electrons. The molecule has 3 nitrogen and oxygen atoms in total. The summed E-state index contributed by atoms with van der Waals surface area (Å²) < 4.78 is 11.6. The first-order valence-electron chi connectivity index (χ1n) is 8.63. The Morgan fingerprint density at radius 3 is 2.25 bits per heavy atom. The summed E-state index contributed by atoms with van der Waals surface area (Å²) in [5.41, 5.74) is 4.51. The van der Waals surface area contributed by atoms with Gasteiger partial charge in [-0.3, -0.25) is 0 Å². The number of benzene rings is 1. The highest BCUT2D eigenvalue weighted by molar-refractivity contribution is 6.82. The van der Waals surface area contributed by atoms with E-state index in [9.17, 15) is 4.79 Å². The van der Waals surface area contributed by atoms with E-state index in [1.165, 1.54) is 0 Å². The summed E-state index contributed by atoms with van der Waals surface area (Å²) in [6.45, 7) is 14.7. The molecule has 0 bridgehead atoms. The minimum atomic E-state index is -1.59. The number of hydrogen-bond donors (Lipinski definition) is 0. The molecule has 1 saturated heterocycles. The minimum Gasteiger partial charge on any atom is -0.456 e. The first-order valence-corrected chi connectivity index (χ1v) is 15.8. The molecule has 0 N–H and O–H groups in total. The summed E-state index contributed by atoms with van der Waals surface area (Å²) >= 11 is 0. The fraction of sp³-hybridized carbons (Fsp3) is 0.526. The molecule has 0 saturated carbocycles. The molecule has 1 fully saturated rings. The zero-order chi connectivity index (χ0) is 18.0. The second-order valence-electron chi connectivity index (χ2n) is 8.75. The van der Waals surface area contributed by atoms with Crippen LogP contribution in [0.4, 0.5) is 0 Å². The molecule has 24 heavy (non-hydrogen) atoms. The average molecular weight is 363 g/mol. The maximum atomic E-state index is 12.5. The lowest BCUT2D eigenvalue weighted by molar-refractivity contribution is -0.141. The van der Waals surface area contributed by atoms with E-state index in [1.807, 2.05) is 30.3 Å². The number of rotatable bonds is 6. The molecule has 1 aromatic carbocycles. The summed E-state index contributed by atoms with van der Waals surface area (Å²) in [4.78, 5) is 12.5. The Labute approximate surface area is 148 Å². The van der Waals surface area contributed by atoms with Gasteiger partial charge in [-0.1, -0.05) is 75.3 Å². The molecule has 2 rings (SSSR count). The van der Waals surface area contributed by atoms with Crippen LogP contribution in [0.1, 0.15) is 5.56 Å². The van der Waals surface area contributed by atoms with Gasteiger partial charge in [-0.2, -0.15) is 0 Å². The van der Waals surface area contributed by atoms with Gasteiger partial charge in [0, 0.05) is 11.1 Å². The van der Waals surface area contributed by atoms with Crippen molar-refractivity contribution in [3.63, 3.8) is 0 Å². The number of carbonyl (C=O) groups is 1. The number of esters is 1. The Hall–Kier alpha value is -1.18. The van der Waals surface area contributed by atoms with Crippen LogP contribution in [0, 0.1) is 0 Å². The molecule has 132 valence electrons. The fourth-order valence-electron chi connectivity index (χ4n) is 3.24. The Bertz CT molecular complexity index is 597. The monoisotopic (exact) mass is 362 g/mol. The predicted molar refractivity (Wildman–Crippen MR) is 105 cm³/mol. The van der Waals surface area contributed by atoms with Gasteiger partial charge in [-0.25, -0.2) is 4.79 Å². The number of hydrogen-bond acceptors (Lipinski definition) is 3. The molecule has 0 amide bonds. The standard InChI is InChI=1S/C19H30O3Si2/c1-23(2,3)14-16-18(24(4,5)6)17(22-19(16)20)13-21-12-15-10-8-7-9-11-15/h7-11,14,17-18H,12-13H2,1-6H3/b16-14-/t17-,18-/m0/s1. The largest absolute Gasteiger partial charge is 0.456 e. The molecule has 1 heterocycles. The van der Waals surface area contributed by atoms with Crippen molar-refractivity contribution in [2.24, 2.45) is 0 Å². The van der Waals surface area contributed by atoms with Crippen molar-refractivity contribution in [3.8, 4) is 0 Å². The third kappa shape index (κ3) is 5.16. The Kier molecular flexibility index (Phi) is 5.88. The van der Waals surface area contributed by atoms with Crippen LogP contribution in [0.15, 0.2) is 41.6 Å². The van der Waals surface area contributed by atoms with E-state index in [1.54, 1.807) is 0 Å². The van der Waals surface area contributed by atoms with Crippen molar-refractivity contribution in [3.05, 3.63) is 47.2 Å². The Morgan fingerprint density at radius 1 is 1.08 bits per heavy atom. The lowest BCUT2D eigenvalue weighted by Crippen LogP contribution is -2.37. The summed E-state index contributed by atoms with van der Waals surface area (Å²) in [5.74, 6) is -0.127. The zero-order valence-corrected chi connectivity index (χ0v) is 17.8. The van der Waals surface area contributed by atoms with Crippen LogP contribution < -0.4 is 0 Å². The molecule has 5 heteroatoms. The lowest BCUT2D eigenvalue weighted by atomic mass is 10.2. The van der Waals surface area contributed by atoms with Crippen LogP contribution in [0.5, 0.6) is 0 Å². The molecule has 0 unspecified atom stereocenters. The number of ether oxygens (including phenoxy) is 2. The van der Waals surface area contributed by atoms with Gasteiger partial charge in [-0.15, -0.1) is 0 Å². The van der Waals surface area contributed by atoms with Crippen LogP contribution in [0.25, 0.3) is 0 Å². The van der Waals surface area contributed by atoms with Gasteiger partial charge >= 0.3 is 5.97 Å². The first kappa shape index (κ1) is 19.2. The van der Waals surface area contributed by atoms with Crippen LogP contribution in [0.2, 0.25) is 44.8 Å². The van der Waals surface area contributed by atoms with Gasteiger partial charge < -0.3 is 9.47 Å². The van der Waals surface area contributed by atoms with E-state index in [0.717, 1.165) is 11.1 Å². The molecule has 1 aliphatic heterocycles. The molecule has 0 aliphatic carbocycles. The van der Waals surface area contributed by atoms with E-state index in [-0.39, 0.29) is 17.6 Å². The van der Waals surface area contributed by atoms with Gasteiger partial charge in [0.25, 0.3) is 0 Å². The van der Waals surface area contributed by atoms with Crippen molar-refractivity contribution in [2.45, 2.75) is 57.5 Å². The summed E-state index contributed by atoms with van der Waals surface area (Å²) in [5, 5.41) is 0. The molecular formula is C19H30O3Si2. The Morgan fingerprint density at radius 2 is 1.71 bits per heavy atom. The third-order valence-electron chi connectivity index (χ3n) is 4.12. The fourth-order valence-corrected chi connectivity index (χ4v) is 7.05. The Balaban J connectivity index is 2.11. The SMILES string of the molecule is C[Si](C)(C)/C=C1\C(=O)O[C@@H](COCc2ccccc2)[C@H]1[Si](C)(C)C. The van der Waals surface area contributed by atoms with Crippen molar-refractivity contribution < 1.29 is 14.3 Å². The first-order chi connectivity index (χ1) is 11.1. The maximum absolute atomic E-state index is 12.5. The van der Waals surface area contributed by atoms with Crippen LogP contribution in [-0.4, -0.2) is 34.8 Å². The highest BCUT2D eigenvalue weighted by atomic mass is 28.3. The second-order valence-corrected chi connectivity index (χ2v) is 19.1. The number of cyclic esters (lactones) is 1. The van der Waals surface area contributed by atoms with Crippen LogP contribution >= 0.6 is 0 Å². The summed E-state index contributed by atoms with van der Waals surface area (Å²) in [6, 6.07) is 10.1. The minimum absolute atomic E-state index is 0.127. The van der Waals surface area contributed by atoms with Crippen LogP contribution in [-0.2, 0) is 20.9 Å². The quantitative estimate of drug-likeness (QED) is 0.420. The molecule has 0 spiro atoms. The average Bonchev–Trinajstić information content (AvgIpc) is 2.74. The zero-order valence-electron chi connectivity index (χ0n) is 15.8. The van der Waals surface area contributed by atoms with Crippen molar-refractivity contribution in [1.29, 1.82) is 0 Å². The van der Waals surface area contributed by atoms with Gasteiger partial charge in [0.05, 0.1) is 29.4 Å². The van der Waals surface area contributed by atoms with Crippen molar-refractivity contribution >= 4 is 22.1 Å². The summed E-state index contributed by atoms with van der Waals surface area (Å²) in [6.07, 6.45) is -0.143. The third-order valence-corrected chi connectivity index (χ3v) is 7.84. The molecule has 1 aromatic rings. The van der Waals surface area contributed by atoms with Gasteiger partial charge in [0.2, 0.25) is 0 Å². The van der Waals surface area contributed by atoms with E-state index in [4.69, 9.17) is 9.47 Å². The van der Waals surface area contributed by atoms with Gasteiger partial charge in [0.1, 0.15) is 6.10 Å². The summed E-state index contributed by atoms with van der Waals surface area (Å²) in [7, 11) is -3.07. The van der Waals surface area contributed by atoms with Crippen molar-refractivity contribution in [1.82, 2.24) is 0 Å². The lowest BCUT2D eigenvalue weighted by Gasteiger charge is -2.29. The van der Waals surface area contributed by atoms with E-state index < -0.39 is 16.1 Å². The molecule has 2 atom stereocenters. The predicted octanol–water partition coefficient (Wildman–Crippen LogP) is 4.64. The van der Waals surface area contributed by atoms with Crippen LogP contribution in [0.3, 0.4) is 0 Å².